The first-order valence-electron chi connectivity index (χ1n) is 6.32. The molecule has 0 aliphatic carbocycles. The second-order valence-corrected chi connectivity index (χ2v) is 4.81. The number of likely N-dealkylation sites (tertiary alicyclic amines) is 1. The lowest BCUT2D eigenvalue weighted by Crippen LogP contribution is -2.72. The van der Waals surface area contributed by atoms with E-state index >= 15 is 0 Å². The molecule has 0 bridgehead atoms. The summed E-state index contributed by atoms with van der Waals surface area (Å²) >= 11 is 0. The highest BCUT2D eigenvalue weighted by atomic mass is 16.3. The third kappa shape index (κ3) is 2.50. The van der Waals surface area contributed by atoms with Crippen LogP contribution in [0, 0.1) is 5.92 Å². The Balaban J connectivity index is 2.95. The van der Waals surface area contributed by atoms with Gasteiger partial charge in [0, 0.05) is 5.92 Å². The molecule has 0 aromatic carbocycles. The summed E-state index contributed by atoms with van der Waals surface area (Å²) in [7, 11) is 0. The van der Waals surface area contributed by atoms with Gasteiger partial charge in [0.05, 0.1) is 26.0 Å². The van der Waals surface area contributed by atoms with E-state index in [2.05, 4.69) is 0 Å². The second-order valence-electron chi connectivity index (χ2n) is 4.81. The molecule has 2 amide bonds. The summed E-state index contributed by atoms with van der Waals surface area (Å²) in [5, 5.41) is 10.6. The summed E-state index contributed by atoms with van der Waals surface area (Å²) in [6, 6.07) is 0. The summed E-state index contributed by atoms with van der Waals surface area (Å²) < 4.78 is 0.119. The quantitative estimate of drug-likeness (QED) is 0.733. The molecule has 98 valence electrons. The minimum Gasteiger partial charge on any atom is -0.394 e. The van der Waals surface area contributed by atoms with Crippen molar-refractivity contribution in [1.82, 2.24) is 5.01 Å². The van der Waals surface area contributed by atoms with Gasteiger partial charge < -0.3 is 5.11 Å². The highest BCUT2D eigenvalue weighted by molar-refractivity contribution is 5.79. The van der Waals surface area contributed by atoms with E-state index in [4.69, 9.17) is 5.11 Å². The minimum absolute atomic E-state index is 0.0550. The molecule has 1 aliphatic heterocycles. The van der Waals surface area contributed by atoms with Crippen LogP contribution in [0.2, 0.25) is 0 Å². The SMILES string of the molecule is CCC(=O)[N+]1(N(CCO)C(=O)C(C)C)CCC1. The molecule has 17 heavy (non-hydrogen) atoms. The van der Waals surface area contributed by atoms with Gasteiger partial charge in [-0.15, -0.1) is 0 Å². The van der Waals surface area contributed by atoms with Crippen molar-refractivity contribution >= 4 is 11.8 Å². The number of amides is 2. The summed E-state index contributed by atoms with van der Waals surface area (Å²) in [4.78, 5) is 24.2. The zero-order chi connectivity index (χ0) is 13.1. The molecule has 1 heterocycles. The van der Waals surface area contributed by atoms with Crippen LogP contribution in [0.15, 0.2) is 0 Å². The lowest BCUT2D eigenvalue weighted by molar-refractivity contribution is -0.989. The fourth-order valence-electron chi connectivity index (χ4n) is 2.26. The van der Waals surface area contributed by atoms with Crippen LogP contribution in [-0.4, -0.2) is 52.8 Å². The van der Waals surface area contributed by atoms with Gasteiger partial charge in [-0.1, -0.05) is 20.8 Å². The van der Waals surface area contributed by atoms with Crippen molar-refractivity contribution in [1.29, 1.82) is 0 Å². The van der Waals surface area contributed by atoms with E-state index in [1.54, 1.807) is 5.01 Å². The average Bonchev–Trinajstić information content (AvgIpc) is 2.24. The highest BCUT2D eigenvalue weighted by Crippen LogP contribution is 2.27. The number of nitrogens with zero attached hydrogens (tertiary/aromatic N) is 2. The normalized spacial score (nSPS) is 17.7. The van der Waals surface area contributed by atoms with E-state index in [0.29, 0.717) is 19.5 Å². The van der Waals surface area contributed by atoms with Gasteiger partial charge in [-0.05, 0) is 0 Å². The van der Waals surface area contributed by atoms with Gasteiger partial charge in [-0.25, -0.2) is 4.79 Å². The van der Waals surface area contributed by atoms with Gasteiger partial charge in [0.25, 0.3) is 5.91 Å². The standard InChI is InChI=1S/C12H23N2O3/c1-4-11(16)14(7-5-8-14)13(6-9-15)12(17)10(2)3/h10,15H,4-9H2,1-3H3/q+1. The molecule has 0 spiro atoms. The Hall–Kier alpha value is -0.940. The van der Waals surface area contributed by atoms with Gasteiger partial charge >= 0.3 is 5.91 Å². The van der Waals surface area contributed by atoms with Crippen molar-refractivity contribution in [3.63, 3.8) is 0 Å². The number of quaternary nitrogens is 1. The van der Waals surface area contributed by atoms with Crippen LogP contribution < -0.4 is 0 Å². The Morgan fingerprint density at radius 2 is 1.94 bits per heavy atom. The monoisotopic (exact) mass is 243 g/mol. The zero-order valence-electron chi connectivity index (χ0n) is 11.0. The minimum atomic E-state index is -0.151. The van der Waals surface area contributed by atoms with Crippen molar-refractivity contribution in [3.8, 4) is 0 Å². The fraction of sp³-hybridized carbons (Fsp3) is 0.833. The van der Waals surface area contributed by atoms with Crippen molar-refractivity contribution in [2.45, 2.75) is 33.6 Å². The Bertz CT molecular complexity index is 298. The van der Waals surface area contributed by atoms with Crippen LogP contribution in [0.4, 0.5) is 0 Å². The van der Waals surface area contributed by atoms with E-state index in [9.17, 15) is 9.59 Å². The van der Waals surface area contributed by atoms with Crippen LogP contribution in [0.3, 0.4) is 0 Å². The smallest absolute Gasteiger partial charge is 0.337 e. The van der Waals surface area contributed by atoms with Crippen molar-refractivity contribution in [2.75, 3.05) is 26.2 Å². The highest BCUT2D eigenvalue weighted by Gasteiger charge is 2.50. The number of aliphatic hydroxyl groups excluding tert-OH is 1. The number of hydrogen-bond acceptors (Lipinski definition) is 3. The maximum Gasteiger partial charge on any atom is 0.337 e. The van der Waals surface area contributed by atoms with E-state index in [-0.39, 0.29) is 35.5 Å². The molecule has 0 aromatic rings. The molecule has 1 fully saturated rings. The average molecular weight is 243 g/mol. The van der Waals surface area contributed by atoms with Crippen LogP contribution >= 0.6 is 0 Å². The van der Waals surface area contributed by atoms with Crippen LogP contribution in [-0.2, 0) is 9.59 Å². The second kappa shape index (κ2) is 5.60. The molecule has 0 atom stereocenters. The van der Waals surface area contributed by atoms with Crippen molar-refractivity contribution in [2.24, 2.45) is 5.92 Å². The third-order valence-electron chi connectivity index (χ3n) is 3.34. The molecule has 1 saturated heterocycles. The maximum atomic E-state index is 12.1. The van der Waals surface area contributed by atoms with Gasteiger partial charge in [0.2, 0.25) is 0 Å². The predicted octanol–water partition coefficient (Wildman–Crippen LogP) is 0.535. The third-order valence-corrected chi connectivity index (χ3v) is 3.34. The Kier molecular flexibility index (Phi) is 4.65. The van der Waals surface area contributed by atoms with Crippen LogP contribution in [0.25, 0.3) is 0 Å². The number of hydrogen-bond donors (Lipinski definition) is 1. The van der Waals surface area contributed by atoms with E-state index < -0.39 is 0 Å². The van der Waals surface area contributed by atoms with E-state index in [1.165, 1.54) is 0 Å². The zero-order valence-corrected chi connectivity index (χ0v) is 11.0. The number of rotatable bonds is 4. The molecule has 0 unspecified atom stereocenters. The fourth-order valence-corrected chi connectivity index (χ4v) is 2.26. The van der Waals surface area contributed by atoms with Gasteiger partial charge in [0.15, 0.2) is 0 Å². The Morgan fingerprint density at radius 1 is 1.35 bits per heavy atom. The Labute approximate surface area is 103 Å². The molecular weight excluding hydrogens is 220 g/mol. The molecular formula is C12H23N2O3+. The summed E-state index contributed by atoms with van der Waals surface area (Å²) in [6.07, 6.45) is 1.38. The molecule has 0 aromatic heterocycles. The predicted molar refractivity (Wildman–Crippen MR) is 63.5 cm³/mol. The largest absolute Gasteiger partial charge is 0.394 e. The molecule has 5 nitrogen and oxygen atoms in total. The van der Waals surface area contributed by atoms with E-state index in [0.717, 1.165) is 6.42 Å². The molecule has 1 rings (SSSR count). The summed E-state index contributed by atoms with van der Waals surface area (Å²) in [6.45, 7) is 6.96. The van der Waals surface area contributed by atoms with Crippen molar-refractivity contribution in [3.05, 3.63) is 0 Å². The van der Waals surface area contributed by atoms with Crippen molar-refractivity contribution < 1.29 is 19.3 Å². The summed E-state index contributed by atoms with van der Waals surface area (Å²) in [5.41, 5.74) is 0. The molecule has 1 aliphatic rings. The topological polar surface area (TPSA) is 57.6 Å². The molecule has 0 radical (unpaired) electrons. The molecule has 5 heteroatoms. The number of carbonyl (C=O) groups excluding carboxylic acids is 2. The Morgan fingerprint density at radius 3 is 2.24 bits per heavy atom. The van der Waals surface area contributed by atoms with E-state index in [1.807, 2.05) is 20.8 Å². The van der Waals surface area contributed by atoms with Crippen LogP contribution in [0.5, 0.6) is 0 Å². The van der Waals surface area contributed by atoms with Gasteiger partial charge in [-0.2, -0.15) is 9.60 Å². The van der Waals surface area contributed by atoms with Gasteiger partial charge in [-0.3, -0.25) is 4.79 Å². The maximum absolute atomic E-state index is 12.1. The first-order chi connectivity index (χ1) is 7.99. The molecule has 0 saturated carbocycles. The summed E-state index contributed by atoms with van der Waals surface area (Å²) in [5.74, 6) is -0.138. The first kappa shape index (κ1) is 14.1. The lowest BCUT2D eigenvalue weighted by Gasteiger charge is -2.49. The first-order valence-corrected chi connectivity index (χ1v) is 6.32. The van der Waals surface area contributed by atoms with Crippen LogP contribution in [0.1, 0.15) is 33.6 Å². The number of aliphatic hydroxyl groups is 1. The molecule has 1 N–H and O–H groups in total. The number of carbonyl (C=O) groups is 2. The van der Waals surface area contributed by atoms with Gasteiger partial charge in [0.1, 0.15) is 13.1 Å². The lowest BCUT2D eigenvalue weighted by atomic mass is 10.1.